The Bertz CT molecular complexity index is 1010. The zero-order valence-electron chi connectivity index (χ0n) is 13.7. The summed E-state index contributed by atoms with van der Waals surface area (Å²) >= 11 is 0. The number of rotatable bonds is 1. The van der Waals surface area contributed by atoms with E-state index in [0.29, 0.717) is 13.0 Å². The summed E-state index contributed by atoms with van der Waals surface area (Å²) < 4.78 is 27.4. The molecule has 1 aliphatic carbocycles. The minimum absolute atomic E-state index is 0.0794. The molecule has 0 N–H and O–H groups in total. The van der Waals surface area contributed by atoms with Crippen molar-refractivity contribution in [3.05, 3.63) is 58.2 Å². The maximum atomic E-state index is 12.2. The van der Waals surface area contributed by atoms with Gasteiger partial charge in [0.2, 0.25) is 13.6 Å². The summed E-state index contributed by atoms with van der Waals surface area (Å²) in [5.41, 5.74) is 4.99. The second-order valence-electron chi connectivity index (χ2n) is 6.71. The second kappa shape index (κ2) is 4.94. The third-order valence-electron chi connectivity index (χ3n) is 5.38. The van der Waals surface area contributed by atoms with Gasteiger partial charge in [0.05, 0.1) is 0 Å². The summed E-state index contributed by atoms with van der Waals surface area (Å²) in [6, 6.07) is 9.93. The smallest absolute Gasteiger partial charge is 0.334 e. The highest BCUT2D eigenvalue weighted by Crippen LogP contribution is 2.48. The lowest BCUT2D eigenvalue weighted by atomic mass is 9.75. The second-order valence-corrected chi connectivity index (χ2v) is 6.71. The molecule has 0 spiro atoms. The molecule has 2 aromatic rings. The van der Waals surface area contributed by atoms with Gasteiger partial charge in [0.1, 0.15) is 6.61 Å². The van der Waals surface area contributed by atoms with Crippen molar-refractivity contribution in [2.45, 2.75) is 12.3 Å². The fourth-order valence-electron chi connectivity index (χ4n) is 4.17. The molecular weight excluding hydrogens is 336 g/mol. The molecule has 2 aromatic carbocycles. The highest BCUT2D eigenvalue weighted by Gasteiger charge is 2.38. The molecule has 6 nitrogen and oxygen atoms in total. The zero-order valence-corrected chi connectivity index (χ0v) is 13.7. The predicted octanol–water partition coefficient (Wildman–Crippen LogP) is 2.69. The molecule has 0 saturated carbocycles. The number of carbonyl (C=O) groups is 1. The molecule has 1 atom stereocenters. The number of cyclic esters (lactones) is 1. The molecule has 1 unspecified atom stereocenters. The quantitative estimate of drug-likeness (QED) is 0.737. The van der Waals surface area contributed by atoms with Crippen LogP contribution in [0.15, 0.2) is 41.5 Å². The summed E-state index contributed by atoms with van der Waals surface area (Å²) in [7, 11) is 0. The van der Waals surface area contributed by atoms with Crippen molar-refractivity contribution in [1.29, 1.82) is 0 Å². The van der Waals surface area contributed by atoms with Gasteiger partial charge in [-0.2, -0.15) is 0 Å². The van der Waals surface area contributed by atoms with E-state index in [4.69, 9.17) is 23.7 Å². The number of hydrogen-bond donors (Lipinski definition) is 0. The van der Waals surface area contributed by atoms with E-state index in [1.807, 2.05) is 30.3 Å². The van der Waals surface area contributed by atoms with Gasteiger partial charge in [-0.05, 0) is 46.5 Å². The van der Waals surface area contributed by atoms with Crippen molar-refractivity contribution >= 4 is 5.97 Å². The van der Waals surface area contributed by atoms with E-state index >= 15 is 0 Å². The van der Waals surface area contributed by atoms with Crippen LogP contribution in [-0.2, 0) is 16.0 Å². The number of hydrogen-bond acceptors (Lipinski definition) is 6. The van der Waals surface area contributed by atoms with Crippen LogP contribution in [0, 0.1) is 0 Å². The topological polar surface area (TPSA) is 63.2 Å². The van der Waals surface area contributed by atoms with Crippen molar-refractivity contribution < 1.29 is 28.5 Å². The van der Waals surface area contributed by atoms with Gasteiger partial charge in [0.15, 0.2) is 23.0 Å². The molecule has 0 radical (unpaired) electrons. The monoisotopic (exact) mass is 350 g/mol. The van der Waals surface area contributed by atoms with Gasteiger partial charge in [-0.3, -0.25) is 0 Å². The van der Waals surface area contributed by atoms with Crippen LogP contribution >= 0.6 is 0 Å². The first-order valence-electron chi connectivity index (χ1n) is 8.49. The zero-order chi connectivity index (χ0) is 17.3. The minimum atomic E-state index is -0.228. The molecular formula is C20H14O6. The van der Waals surface area contributed by atoms with Gasteiger partial charge in [0.25, 0.3) is 0 Å². The molecule has 3 heterocycles. The average Bonchev–Trinajstić information content (AvgIpc) is 3.37. The Balaban J connectivity index is 1.56. The molecule has 4 aliphatic rings. The Labute approximate surface area is 148 Å². The largest absolute Gasteiger partial charge is 0.458 e. The van der Waals surface area contributed by atoms with Crippen LogP contribution in [0.3, 0.4) is 0 Å². The lowest BCUT2D eigenvalue weighted by Crippen LogP contribution is -2.16. The first kappa shape index (κ1) is 14.1. The van der Waals surface area contributed by atoms with E-state index in [0.717, 1.165) is 50.8 Å². The normalized spacial score (nSPS) is 21.5. The summed E-state index contributed by atoms with van der Waals surface area (Å²) in [6.07, 6.45) is 0.557. The highest BCUT2D eigenvalue weighted by molar-refractivity contribution is 5.94. The minimum Gasteiger partial charge on any atom is -0.458 e. The molecule has 6 heteroatoms. The maximum absolute atomic E-state index is 12.2. The summed E-state index contributed by atoms with van der Waals surface area (Å²) in [5, 5.41) is 0. The van der Waals surface area contributed by atoms with Gasteiger partial charge >= 0.3 is 5.97 Å². The van der Waals surface area contributed by atoms with Crippen molar-refractivity contribution in [1.82, 2.24) is 0 Å². The number of carbonyl (C=O) groups excluding carboxylic acids is 1. The molecule has 3 aliphatic heterocycles. The van der Waals surface area contributed by atoms with Crippen molar-refractivity contribution in [2.24, 2.45) is 0 Å². The molecule has 26 heavy (non-hydrogen) atoms. The van der Waals surface area contributed by atoms with Gasteiger partial charge < -0.3 is 23.7 Å². The lowest BCUT2D eigenvalue weighted by Gasteiger charge is -2.27. The molecule has 0 amide bonds. The van der Waals surface area contributed by atoms with E-state index in [1.54, 1.807) is 0 Å². The van der Waals surface area contributed by atoms with Crippen LogP contribution in [0.5, 0.6) is 23.0 Å². The van der Waals surface area contributed by atoms with E-state index in [-0.39, 0.29) is 25.5 Å². The van der Waals surface area contributed by atoms with Gasteiger partial charge in [-0.25, -0.2) is 4.79 Å². The number of benzene rings is 2. The van der Waals surface area contributed by atoms with Crippen LogP contribution < -0.4 is 18.9 Å². The molecule has 0 fully saturated rings. The molecule has 0 bridgehead atoms. The van der Waals surface area contributed by atoms with Crippen LogP contribution in [-0.4, -0.2) is 26.2 Å². The average molecular weight is 350 g/mol. The number of esters is 1. The first-order valence-corrected chi connectivity index (χ1v) is 8.49. The fraction of sp³-hybridized carbons (Fsp3) is 0.250. The number of ether oxygens (including phenoxy) is 5. The van der Waals surface area contributed by atoms with Crippen LogP contribution in [0.4, 0.5) is 0 Å². The summed E-state index contributed by atoms with van der Waals surface area (Å²) in [4.78, 5) is 12.2. The Kier molecular flexibility index (Phi) is 2.67. The standard InChI is InChI=1S/C20H14O6/c21-20-13-3-11-5-17-18(26-9-25-17)6-12(11)19(14(13)7-22-20)10-1-2-15-16(4-10)24-8-23-15/h1-2,4-6,19H,3,7-9H2. The molecule has 6 rings (SSSR count). The Hall–Kier alpha value is -3.15. The summed E-state index contributed by atoms with van der Waals surface area (Å²) in [5.74, 6) is 2.62. The van der Waals surface area contributed by atoms with Gasteiger partial charge in [0, 0.05) is 17.9 Å². The van der Waals surface area contributed by atoms with Crippen LogP contribution in [0.1, 0.15) is 22.6 Å². The van der Waals surface area contributed by atoms with Crippen molar-refractivity contribution in [2.75, 3.05) is 20.2 Å². The highest BCUT2D eigenvalue weighted by atomic mass is 16.7. The van der Waals surface area contributed by atoms with Gasteiger partial charge in [-0.1, -0.05) is 6.07 Å². The van der Waals surface area contributed by atoms with E-state index < -0.39 is 0 Å². The Morgan fingerprint density at radius 3 is 2.38 bits per heavy atom. The van der Waals surface area contributed by atoms with E-state index in [1.165, 1.54) is 0 Å². The van der Waals surface area contributed by atoms with E-state index in [9.17, 15) is 4.79 Å². The predicted molar refractivity (Wildman–Crippen MR) is 88.7 cm³/mol. The Morgan fingerprint density at radius 1 is 0.808 bits per heavy atom. The molecule has 130 valence electrons. The van der Waals surface area contributed by atoms with Crippen molar-refractivity contribution in [3.8, 4) is 23.0 Å². The van der Waals surface area contributed by atoms with Gasteiger partial charge in [-0.15, -0.1) is 0 Å². The van der Waals surface area contributed by atoms with E-state index in [2.05, 4.69) is 0 Å². The third-order valence-corrected chi connectivity index (χ3v) is 5.38. The van der Waals surface area contributed by atoms with Crippen LogP contribution in [0.25, 0.3) is 0 Å². The maximum Gasteiger partial charge on any atom is 0.334 e. The Morgan fingerprint density at radius 2 is 1.54 bits per heavy atom. The SMILES string of the molecule is O=C1OCC2=C1Cc1cc3c(cc1C2c1ccc2c(c1)OCO2)OCO3. The summed E-state index contributed by atoms with van der Waals surface area (Å²) in [6.45, 7) is 0.775. The van der Waals surface area contributed by atoms with Crippen molar-refractivity contribution in [3.63, 3.8) is 0 Å². The fourth-order valence-corrected chi connectivity index (χ4v) is 4.17. The third kappa shape index (κ3) is 1.84. The number of fused-ring (bicyclic) bond motifs is 3. The lowest BCUT2D eigenvalue weighted by molar-refractivity contribution is -0.136. The van der Waals surface area contributed by atoms with Crippen LogP contribution in [0.2, 0.25) is 0 Å². The molecule has 0 aromatic heterocycles. The molecule has 0 saturated heterocycles. The first-order chi connectivity index (χ1) is 12.8.